The number of likely N-dealkylation sites (tertiary alicyclic amines) is 1. The van der Waals surface area contributed by atoms with E-state index < -0.39 is 5.60 Å². The highest BCUT2D eigenvalue weighted by atomic mass is 16.6. The molecule has 1 aliphatic heterocycles. The summed E-state index contributed by atoms with van der Waals surface area (Å²) in [6.07, 6.45) is 0.753. The maximum absolute atomic E-state index is 11.8. The topological polar surface area (TPSA) is 64.8 Å². The van der Waals surface area contributed by atoms with Crippen LogP contribution in [0.5, 0.6) is 0 Å². The van der Waals surface area contributed by atoms with Crippen LogP contribution in [0.15, 0.2) is 0 Å². The number of rotatable bonds is 4. The van der Waals surface area contributed by atoms with E-state index in [9.17, 15) is 4.79 Å². The molecule has 1 unspecified atom stereocenters. The Morgan fingerprint density at radius 1 is 1.47 bits per heavy atom. The molecule has 5 nitrogen and oxygen atoms in total. The van der Waals surface area contributed by atoms with Crippen molar-refractivity contribution in [3.05, 3.63) is 0 Å². The molecule has 0 aromatic rings. The van der Waals surface area contributed by atoms with Gasteiger partial charge in [0.05, 0.1) is 13.2 Å². The van der Waals surface area contributed by atoms with Gasteiger partial charge in [-0.2, -0.15) is 0 Å². The number of amides is 1. The molecule has 1 amide bonds. The predicted octanol–water partition coefficient (Wildman–Crippen LogP) is 1.22. The molecule has 0 spiro atoms. The fourth-order valence-corrected chi connectivity index (χ4v) is 1.79. The zero-order valence-corrected chi connectivity index (χ0v) is 11.1. The van der Waals surface area contributed by atoms with Crippen LogP contribution in [-0.4, -0.2) is 49.4 Å². The molecule has 5 heteroatoms. The molecule has 0 saturated carbocycles. The second-order valence-corrected chi connectivity index (χ2v) is 5.44. The van der Waals surface area contributed by atoms with Crippen LogP contribution in [0.3, 0.4) is 0 Å². The second-order valence-electron chi connectivity index (χ2n) is 5.44. The Labute approximate surface area is 103 Å². The van der Waals surface area contributed by atoms with Gasteiger partial charge in [0.2, 0.25) is 0 Å². The smallest absolute Gasteiger partial charge is 0.410 e. The van der Waals surface area contributed by atoms with Crippen molar-refractivity contribution in [2.24, 2.45) is 11.7 Å². The first kappa shape index (κ1) is 14.3. The number of nitrogens with zero attached hydrogens (tertiary/aromatic N) is 1. The summed E-state index contributed by atoms with van der Waals surface area (Å²) in [6.45, 7) is 8.92. The van der Waals surface area contributed by atoms with Gasteiger partial charge in [-0.25, -0.2) is 4.79 Å². The lowest BCUT2D eigenvalue weighted by Gasteiger charge is -2.24. The Hall–Kier alpha value is -0.810. The van der Waals surface area contributed by atoms with Crippen LogP contribution in [0.4, 0.5) is 4.79 Å². The monoisotopic (exact) mass is 244 g/mol. The fourth-order valence-electron chi connectivity index (χ4n) is 1.79. The van der Waals surface area contributed by atoms with Crippen LogP contribution >= 0.6 is 0 Å². The van der Waals surface area contributed by atoms with E-state index in [4.69, 9.17) is 15.2 Å². The molecule has 0 bridgehead atoms. The van der Waals surface area contributed by atoms with Gasteiger partial charge in [-0.15, -0.1) is 0 Å². The molecule has 100 valence electrons. The Kier molecular flexibility index (Phi) is 5.21. The summed E-state index contributed by atoms with van der Waals surface area (Å²) in [6, 6.07) is 0. The molecule has 17 heavy (non-hydrogen) atoms. The van der Waals surface area contributed by atoms with Crippen molar-refractivity contribution < 1.29 is 14.3 Å². The molecule has 0 aromatic heterocycles. The SMILES string of the molecule is CC(C)(C)OC(=O)N1CCC(COCCN)C1. The first-order chi connectivity index (χ1) is 7.92. The molecule has 1 rings (SSSR count). The Balaban J connectivity index is 2.27. The molecule has 0 radical (unpaired) electrons. The summed E-state index contributed by atoms with van der Waals surface area (Å²) in [4.78, 5) is 13.5. The second kappa shape index (κ2) is 6.21. The van der Waals surface area contributed by atoms with E-state index >= 15 is 0 Å². The van der Waals surface area contributed by atoms with Crippen molar-refractivity contribution in [2.45, 2.75) is 32.8 Å². The maximum Gasteiger partial charge on any atom is 0.410 e. The van der Waals surface area contributed by atoms with E-state index in [1.807, 2.05) is 20.8 Å². The van der Waals surface area contributed by atoms with Crippen molar-refractivity contribution in [1.82, 2.24) is 4.90 Å². The third-order valence-corrected chi connectivity index (χ3v) is 2.55. The third kappa shape index (κ3) is 5.37. The van der Waals surface area contributed by atoms with E-state index in [0.717, 1.165) is 19.5 Å². The lowest BCUT2D eigenvalue weighted by atomic mass is 10.1. The van der Waals surface area contributed by atoms with Gasteiger partial charge in [0.1, 0.15) is 5.60 Å². The molecular weight excluding hydrogens is 220 g/mol. The van der Waals surface area contributed by atoms with Crippen molar-refractivity contribution in [3.8, 4) is 0 Å². The van der Waals surface area contributed by atoms with Gasteiger partial charge in [-0.1, -0.05) is 0 Å². The standard InChI is InChI=1S/C12H24N2O3/c1-12(2,3)17-11(15)14-6-4-10(8-14)9-16-7-5-13/h10H,4-9,13H2,1-3H3. The highest BCUT2D eigenvalue weighted by Crippen LogP contribution is 2.19. The quantitative estimate of drug-likeness (QED) is 0.755. The van der Waals surface area contributed by atoms with Crippen molar-refractivity contribution in [3.63, 3.8) is 0 Å². The predicted molar refractivity (Wildman–Crippen MR) is 65.8 cm³/mol. The van der Waals surface area contributed by atoms with Gasteiger partial charge in [0.25, 0.3) is 0 Å². The summed E-state index contributed by atoms with van der Waals surface area (Å²) in [7, 11) is 0. The molecule has 2 N–H and O–H groups in total. The summed E-state index contributed by atoms with van der Waals surface area (Å²) in [5.41, 5.74) is 4.92. The van der Waals surface area contributed by atoms with E-state index in [2.05, 4.69) is 0 Å². The summed E-state index contributed by atoms with van der Waals surface area (Å²) < 4.78 is 10.7. The Bertz CT molecular complexity index is 251. The number of carbonyl (C=O) groups is 1. The van der Waals surface area contributed by atoms with Crippen molar-refractivity contribution in [2.75, 3.05) is 32.8 Å². The highest BCUT2D eigenvalue weighted by Gasteiger charge is 2.29. The average molecular weight is 244 g/mol. The van der Waals surface area contributed by atoms with E-state index in [1.54, 1.807) is 4.90 Å². The molecule has 1 aliphatic rings. The summed E-state index contributed by atoms with van der Waals surface area (Å²) in [5, 5.41) is 0. The molecular formula is C12H24N2O3. The van der Waals surface area contributed by atoms with Crippen LogP contribution in [0, 0.1) is 5.92 Å². The highest BCUT2D eigenvalue weighted by molar-refractivity contribution is 5.68. The lowest BCUT2D eigenvalue weighted by molar-refractivity contribution is 0.0275. The minimum absolute atomic E-state index is 0.223. The zero-order valence-electron chi connectivity index (χ0n) is 11.1. The molecule has 0 aromatic carbocycles. The minimum atomic E-state index is -0.425. The Morgan fingerprint density at radius 3 is 2.76 bits per heavy atom. The fraction of sp³-hybridized carbons (Fsp3) is 0.917. The Morgan fingerprint density at radius 2 is 2.18 bits per heavy atom. The summed E-state index contributed by atoms with van der Waals surface area (Å²) in [5.74, 6) is 0.411. The minimum Gasteiger partial charge on any atom is -0.444 e. The van der Waals surface area contributed by atoms with Crippen LogP contribution in [0.1, 0.15) is 27.2 Å². The number of carbonyl (C=O) groups excluding carboxylic acids is 1. The number of nitrogens with two attached hydrogens (primary N) is 1. The molecule has 1 saturated heterocycles. The maximum atomic E-state index is 11.8. The number of hydrogen-bond acceptors (Lipinski definition) is 4. The average Bonchev–Trinajstić information content (AvgIpc) is 2.64. The van der Waals surface area contributed by atoms with Crippen LogP contribution in [0.25, 0.3) is 0 Å². The van der Waals surface area contributed by atoms with Crippen molar-refractivity contribution in [1.29, 1.82) is 0 Å². The van der Waals surface area contributed by atoms with Gasteiger partial charge < -0.3 is 20.1 Å². The van der Waals surface area contributed by atoms with Gasteiger partial charge in [0.15, 0.2) is 0 Å². The molecule has 1 atom stereocenters. The normalized spacial score (nSPS) is 20.7. The number of ether oxygens (including phenoxy) is 2. The van der Waals surface area contributed by atoms with Gasteiger partial charge >= 0.3 is 6.09 Å². The van der Waals surface area contributed by atoms with E-state index in [-0.39, 0.29) is 6.09 Å². The van der Waals surface area contributed by atoms with E-state index in [0.29, 0.717) is 25.7 Å². The van der Waals surface area contributed by atoms with Crippen LogP contribution in [-0.2, 0) is 9.47 Å². The molecule has 1 fully saturated rings. The van der Waals surface area contributed by atoms with Gasteiger partial charge in [0, 0.05) is 25.6 Å². The first-order valence-electron chi connectivity index (χ1n) is 6.18. The van der Waals surface area contributed by atoms with Crippen LogP contribution < -0.4 is 5.73 Å². The van der Waals surface area contributed by atoms with E-state index in [1.165, 1.54) is 0 Å². The zero-order chi connectivity index (χ0) is 12.9. The first-order valence-corrected chi connectivity index (χ1v) is 6.18. The number of hydrogen-bond donors (Lipinski definition) is 1. The third-order valence-electron chi connectivity index (χ3n) is 2.55. The molecule has 1 heterocycles. The van der Waals surface area contributed by atoms with Crippen molar-refractivity contribution >= 4 is 6.09 Å². The lowest BCUT2D eigenvalue weighted by Crippen LogP contribution is -2.35. The van der Waals surface area contributed by atoms with Crippen LogP contribution in [0.2, 0.25) is 0 Å². The molecule has 0 aliphatic carbocycles. The van der Waals surface area contributed by atoms with Gasteiger partial charge in [-0.05, 0) is 27.2 Å². The largest absolute Gasteiger partial charge is 0.444 e. The van der Waals surface area contributed by atoms with Gasteiger partial charge in [-0.3, -0.25) is 0 Å². The summed E-state index contributed by atoms with van der Waals surface area (Å²) >= 11 is 0.